The molecule has 1 aromatic carbocycles. The highest BCUT2D eigenvalue weighted by atomic mass is 19.1. The van der Waals surface area contributed by atoms with Crippen molar-refractivity contribution in [2.45, 2.75) is 25.4 Å². The molecule has 1 atom stereocenters. The molecule has 1 aliphatic rings. The number of nitrogens with one attached hydrogen (secondary N) is 1. The molecule has 4 rings (SSSR count). The van der Waals surface area contributed by atoms with Gasteiger partial charge in [0.2, 0.25) is 11.7 Å². The number of hydrogen-bond donors (Lipinski definition) is 1. The first-order chi connectivity index (χ1) is 13.1. The lowest BCUT2D eigenvalue weighted by Gasteiger charge is -2.21. The molecule has 0 bridgehead atoms. The molecule has 0 saturated carbocycles. The van der Waals surface area contributed by atoms with E-state index in [1.165, 1.54) is 12.3 Å². The Labute approximate surface area is 153 Å². The third kappa shape index (κ3) is 3.53. The molecule has 0 unspecified atom stereocenters. The summed E-state index contributed by atoms with van der Waals surface area (Å²) in [4.78, 5) is 18.3. The Morgan fingerprint density at radius 3 is 3.00 bits per heavy atom. The van der Waals surface area contributed by atoms with Crippen molar-refractivity contribution in [2.24, 2.45) is 0 Å². The van der Waals surface area contributed by atoms with E-state index < -0.39 is 17.7 Å². The highest BCUT2D eigenvalue weighted by Crippen LogP contribution is 2.32. The smallest absolute Gasteiger partial charge is 0.318 e. The van der Waals surface area contributed by atoms with Crippen LogP contribution in [0.15, 0.2) is 45.5 Å². The van der Waals surface area contributed by atoms with Crippen molar-refractivity contribution >= 4 is 6.03 Å². The Bertz CT molecular complexity index is 942. The Kier molecular flexibility index (Phi) is 4.57. The van der Waals surface area contributed by atoms with Crippen LogP contribution in [0.25, 0.3) is 11.4 Å². The van der Waals surface area contributed by atoms with Gasteiger partial charge < -0.3 is 19.2 Å². The second-order valence-electron chi connectivity index (χ2n) is 6.17. The number of likely N-dealkylation sites (tertiary alicyclic amines) is 1. The highest BCUT2D eigenvalue weighted by molar-refractivity contribution is 5.74. The number of hydrogen-bond acceptors (Lipinski definition) is 5. The SMILES string of the molecule is O=C(NCc1ccco1)N1CCC[C@H]1c1nc(-c2ccc(F)cc2F)no1. The molecule has 2 amide bonds. The van der Waals surface area contributed by atoms with Crippen LogP contribution in [0, 0.1) is 11.6 Å². The number of nitrogens with zero attached hydrogens (tertiary/aromatic N) is 3. The molecule has 9 heteroatoms. The first kappa shape index (κ1) is 17.2. The third-order valence-corrected chi connectivity index (χ3v) is 4.41. The molecule has 27 heavy (non-hydrogen) atoms. The molecule has 3 aromatic rings. The normalized spacial score (nSPS) is 16.7. The molecule has 1 saturated heterocycles. The molecule has 0 radical (unpaired) electrons. The number of benzene rings is 1. The predicted molar refractivity (Wildman–Crippen MR) is 89.3 cm³/mol. The van der Waals surface area contributed by atoms with Crippen molar-refractivity contribution in [2.75, 3.05) is 6.54 Å². The van der Waals surface area contributed by atoms with Crippen LogP contribution in [0.3, 0.4) is 0 Å². The number of urea groups is 1. The van der Waals surface area contributed by atoms with Crippen LogP contribution in [-0.4, -0.2) is 27.6 Å². The van der Waals surface area contributed by atoms with Gasteiger partial charge in [-0.2, -0.15) is 4.98 Å². The van der Waals surface area contributed by atoms with Gasteiger partial charge in [-0.15, -0.1) is 0 Å². The Morgan fingerprint density at radius 2 is 2.22 bits per heavy atom. The van der Waals surface area contributed by atoms with Gasteiger partial charge in [0.1, 0.15) is 23.4 Å². The maximum absolute atomic E-state index is 13.9. The number of aromatic nitrogens is 2. The summed E-state index contributed by atoms with van der Waals surface area (Å²) in [6, 6.07) is 5.97. The van der Waals surface area contributed by atoms with Crippen molar-refractivity contribution in [3.8, 4) is 11.4 Å². The zero-order valence-electron chi connectivity index (χ0n) is 14.2. The summed E-state index contributed by atoms with van der Waals surface area (Å²) >= 11 is 0. The van der Waals surface area contributed by atoms with Gasteiger partial charge in [0.15, 0.2) is 0 Å². The van der Waals surface area contributed by atoms with Crippen LogP contribution < -0.4 is 5.32 Å². The number of rotatable bonds is 4. The second-order valence-corrected chi connectivity index (χ2v) is 6.17. The third-order valence-electron chi connectivity index (χ3n) is 4.41. The van der Waals surface area contributed by atoms with Crippen molar-refractivity contribution in [3.05, 3.63) is 59.9 Å². The first-order valence-corrected chi connectivity index (χ1v) is 8.47. The predicted octanol–water partition coefficient (Wildman–Crippen LogP) is 3.65. The Balaban J connectivity index is 1.49. The average molecular weight is 374 g/mol. The van der Waals surface area contributed by atoms with Gasteiger partial charge in [0, 0.05) is 12.6 Å². The molecule has 140 valence electrons. The van der Waals surface area contributed by atoms with E-state index in [4.69, 9.17) is 8.94 Å². The molecule has 1 fully saturated rings. The zero-order valence-corrected chi connectivity index (χ0v) is 14.2. The van der Waals surface area contributed by atoms with Crippen LogP contribution in [0.1, 0.15) is 30.5 Å². The fraction of sp³-hybridized carbons (Fsp3) is 0.278. The minimum Gasteiger partial charge on any atom is -0.467 e. The fourth-order valence-electron chi connectivity index (χ4n) is 3.09. The summed E-state index contributed by atoms with van der Waals surface area (Å²) in [6.45, 7) is 0.808. The number of halogens is 2. The first-order valence-electron chi connectivity index (χ1n) is 8.47. The standard InChI is InChI=1S/C18H16F2N4O3/c19-11-5-6-13(14(20)9-11)16-22-17(27-23-16)15-4-1-7-24(15)18(25)21-10-12-3-2-8-26-12/h2-3,5-6,8-9,15H,1,4,7,10H2,(H,21,25)/t15-/m0/s1. The highest BCUT2D eigenvalue weighted by Gasteiger charge is 2.34. The van der Waals surface area contributed by atoms with E-state index in [9.17, 15) is 13.6 Å². The van der Waals surface area contributed by atoms with Gasteiger partial charge in [-0.25, -0.2) is 13.6 Å². The van der Waals surface area contributed by atoms with E-state index in [0.717, 1.165) is 18.6 Å². The van der Waals surface area contributed by atoms with E-state index in [2.05, 4.69) is 15.5 Å². The molecule has 0 spiro atoms. The minimum absolute atomic E-state index is 0.0188. The largest absolute Gasteiger partial charge is 0.467 e. The summed E-state index contributed by atoms with van der Waals surface area (Å²) in [6.07, 6.45) is 2.97. The van der Waals surface area contributed by atoms with E-state index >= 15 is 0 Å². The van der Waals surface area contributed by atoms with Crippen molar-refractivity contribution in [3.63, 3.8) is 0 Å². The van der Waals surface area contributed by atoms with E-state index in [1.54, 1.807) is 17.0 Å². The topological polar surface area (TPSA) is 84.4 Å². The molecule has 2 aromatic heterocycles. The van der Waals surface area contributed by atoms with Crippen molar-refractivity contribution < 1.29 is 22.5 Å². The second kappa shape index (κ2) is 7.18. The zero-order chi connectivity index (χ0) is 18.8. The molecule has 0 aliphatic carbocycles. The van der Waals surface area contributed by atoms with Crippen LogP contribution >= 0.6 is 0 Å². The summed E-state index contributed by atoms with van der Waals surface area (Å²) in [7, 11) is 0. The van der Waals surface area contributed by atoms with Crippen LogP contribution in [0.2, 0.25) is 0 Å². The molecule has 1 N–H and O–H groups in total. The van der Waals surface area contributed by atoms with Crippen molar-refractivity contribution in [1.29, 1.82) is 0 Å². The summed E-state index contributed by atoms with van der Waals surface area (Å²) in [5.41, 5.74) is 0.0400. The number of amides is 2. The van der Waals surface area contributed by atoms with Crippen LogP contribution in [-0.2, 0) is 6.54 Å². The lowest BCUT2D eigenvalue weighted by atomic mass is 10.2. The van der Waals surface area contributed by atoms with Gasteiger partial charge in [-0.3, -0.25) is 0 Å². The number of carbonyl (C=O) groups is 1. The van der Waals surface area contributed by atoms with Gasteiger partial charge >= 0.3 is 6.03 Å². The van der Waals surface area contributed by atoms with Crippen molar-refractivity contribution in [1.82, 2.24) is 20.4 Å². The lowest BCUT2D eigenvalue weighted by molar-refractivity contribution is 0.179. The maximum Gasteiger partial charge on any atom is 0.318 e. The molecule has 7 nitrogen and oxygen atoms in total. The van der Waals surface area contributed by atoms with Gasteiger partial charge in [0.25, 0.3) is 0 Å². The fourth-order valence-corrected chi connectivity index (χ4v) is 3.09. The summed E-state index contributed by atoms with van der Waals surface area (Å²) in [5.74, 6) is -0.576. The maximum atomic E-state index is 13.9. The Hall–Kier alpha value is -3.23. The average Bonchev–Trinajstić information content (AvgIpc) is 3.39. The molecule has 3 heterocycles. The summed E-state index contributed by atoms with van der Waals surface area (Å²) < 4.78 is 37.4. The van der Waals surface area contributed by atoms with Gasteiger partial charge in [-0.1, -0.05) is 5.16 Å². The summed E-state index contributed by atoms with van der Waals surface area (Å²) in [5, 5.41) is 6.56. The Morgan fingerprint density at radius 1 is 1.33 bits per heavy atom. The molecular weight excluding hydrogens is 358 g/mol. The number of furan rings is 1. The molecular formula is C18H16F2N4O3. The van der Waals surface area contributed by atoms with Crippen LogP contribution in [0.4, 0.5) is 13.6 Å². The van der Waals surface area contributed by atoms with E-state index in [1.807, 2.05) is 0 Å². The minimum atomic E-state index is -0.776. The van der Waals surface area contributed by atoms with E-state index in [-0.39, 0.29) is 29.9 Å². The van der Waals surface area contributed by atoms with Crippen LogP contribution in [0.5, 0.6) is 0 Å². The van der Waals surface area contributed by atoms with Gasteiger partial charge in [-0.05, 0) is 37.1 Å². The quantitative estimate of drug-likeness (QED) is 0.753. The van der Waals surface area contributed by atoms with Gasteiger partial charge in [0.05, 0.1) is 18.4 Å². The molecule has 1 aliphatic heterocycles. The number of carbonyl (C=O) groups excluding carboxylic acids is 1. The monoisotopic (exact) mass is 374 g/mol. The lowest BCUT2D eigenvalue weighted by Crippen LogP contribution is -2.39. The van der Waals surface area contributed by atoms with E-state index in [0.29, 0.717) is 18.7 Å².